The molecule has 0 unspecified atom stereocenters. The van der Waals surface area contributed by atoms with Crippen molar-refractivity contribution < 1.29 is 27.4 Å². The van der Waals surface area contributed by atoms with E-state index < -0.39 is 23.4 Å². The molecule has 3 aromatic carbocycles. The predicted molar refractivity (Wildman–Crippen MR) is 124 cm³/mol. The van der Waals surface area contributed by atoms with Gasteiger partial charge in [-0.2, -0.15) is 23.3 Å². The van der Waals surface area contributed by atoms with E-state index in [2.05, 4.69) is 5.10 Å². The molecule has 0 atom stereocenters. The number of rotatable bonds is 6. The third-order valence-electron chi connectivity index (χ3n) is 4.94. The van der Waals surface area contributed by atoms with Crippen LogP contribution in [-0.4, -0.2) is 24.9 Å². The summed E-state index contributed by atoms with van der Waals surface area (Å²) in [7, 11) is 1.39. The minimum absolute atomic E-state index is 0.123. The highest BCUT2D eigenvalue weighted by atomic mass is 35.5. The fraction of sp³-hybridized carbons (Fsp3) is 0.120. The normalized spacial score (nSPS) is 15.0. The van der Waals surface area contributed by atoms with Crippen molar-refractivity contribution in [2.45, 2.75) is 12.8 Å². The summed E-state index contributed by atoms with van der Waals surface area (Å²) in [4.78, 5) is 12.9. The molecule has 1 heterocycles. The van der Waals surface area contributed by atoms with Crippen LogP contribution in [0.4, 0.5) is 18.9 Å². The Balaban J connectivity index is 1.68. The van der Waals surface area contributed by atoms with Crippen LogP contribution in [0.2, 0.25) is 5.02 Å². The lowest BCUT2D eigenvalue weighted by Crippen LogP contribution is -2.25. The van der Waals surface area contributed by atoms with Crippen LogP contribution in [0.1, 0.15) is 11.1 Å². The van der Waals surface area contributed by atoms with Crippen molar-refractivity contribution in [3.63, 3.8) is 0 Å². The standard InChI is InChI=1S/C25H18ClF3N2O3/c1-33-21-14-17(13-20(26)22(21)34-15-16-8-4-2-5-9-16)12-19-23(25(27,28)29)30-31(24(19)32)18-10-6-3-7-11-18/h2-14H,15H2,1H3/b19-12-. The number of anilines is 1. The van der Waals surface area contributed by atoms with Crippen LogP contribution >= 0.6 is 11.6 Å². The van der Waals surface area contributed by atoms with Crippen LogP contribution in [-0.2, 0) is 11.4 Å². The van der Waals surface area contributed by atoms with E-state index in [1.807, 2.05) is 30.3 Å². The van der Waals surface area contributed by atoms with E-state index in [0.29, 0.717) is 0 Å². The van der Waals surface area contributed by atoms with Crippen LogP contribution in [0.5, 0.6) is 11.5 Å². The van der Waals surface area contributed by atoms with Crippen LogP contribution in [0.25, 0.3) is 6.08 Å². The first-order valence-corrected chi connectivity index (χ1v) is 10.5. The summed E-state index contributed by atoms with van der Waals surface area (Å²) >= 11 is 6.37. The zero-order valence-corrected chi connectivity index (χ0v) is 18.6. The lowest BCUT2D eigenvalue weighted by molar-refractivity contribution is -0.114. The number of hydrazone groups is 1. The number of amides is 1. The molecule has 3 aromatic rings. The van der Waals surface area contributed by atoms with Crippen LogP contribution < -0.4 is 14.5 Å². The summed E-state index contributed by atoms with van der Waals surface area (Å²) in [6, 6.07) is 20.1. The average molecular weight is 487 g/mol. The van der Waals surface area contributed by atoms with Gasteiger partial charge in [0, 0.05) is 0 Å². The largest absolute Gasteiger partial charge is 0.493 e. The van der Waals surface area contributed by atoms with Gasteiger partial charge in [0.15, 0.2) is 17.2 Å². The molecular formula is C25H18ClF3N2O3. The molecule has 0 spiro atoms. The van der Waals surface area contributed by atoms with Gasteiger partial charge in [0.25, 0.3) is 5.91 Å². The maximum absolute atomic E-state index is 13.7. The van der Waals surface area contributed by atoms with Crippen molar-refractivity contribution in [3.8, 4) is 11.5 Å². The molecule has 34 heavy (non-hydrogen) atoms. The van der Waals surface area contributed by atoms with Gasteiger partial charge in [0.1, 0.15) is 6.61 Å². The highest BCUT2D eigenvalue weighted by Gasteiger charge is 2.46. The van der Waals surface area contributed by atoms with Gasteiger partial charge in [-0.15, -0.1) is 0 Å². The Hall–Kier alpha value is -3.78. The summed E-state index contributed by atoms with van der Waals surface area (Å²) in [5.74, 6) is -0.451. The number of carbonyl (C=O) groups is 1. The van der Waals surface area contributed by atoms with E-state index in [9.17, 15) is 18.0 Å². The highest BCUT2D eigenvalue weighted by Crippen LogP contribution is 2.39. The monoisotopic (exact) mass is 486 g/mol. The van der Waals surface area contributed by atoms with Crippen molar-refractivity contribution in [3.05, 3.63) is 94.5 Å². The van der Waals surface area contributed by atoms with Gasteiger partial charge in [0.2, 0.25) is 0 Å². The molecule has 0 fully saturated rings. The third-order valence-corrected chi connectivity index (χ3v) is 5.22. The molecule has 0 bridgehead atoms. The molecule has 0 saturated heterocycles. The molecule has 1 amide bonds. The summed E-state index contributed by atoms with van der Waals surface area (Å²) in [5.41, 5.74) is -0.550. The summed E-state index contributed by atoms with van der Waals surface area (Å²) < 4.78 is 52.2. The molecule has 0 aromatic heterocycles. The first-order chi connectivity index (χ1) is 16.3. The first kappa shape index (κ1) is 23.4. The smallest absolute Gasteiger partial charge is 0.435 e. The van der Waals surface area contributed by atoms with Crippen molar-refractivity contribution >= 4 is 35.0 Å². The second-order valence-electron chi connectivity index (χ2n) is 7.27. The van der Waals surface area contributed by atoms with Crippen LogP contribution in [0.15, 0.2) is 83.5 Å². The van der Waals surface area contributed by atoms with Crippen molar-refractivity contribution in [2.24, 2.45) is 5.10 Å². The number of methoxy groups -OCH3 is 1. The minimum atomic E-state index is -4.84. The van der Waals surface area contributed by atoms with Crippen molar-refractivity contribution in [1.29, 1.82) is 0 Å². The molecule has 174 valence electrons. The van der Waals surface area contributed by atoms with Gasteiger partial charge in [0.05, 0.1) is 23.4 Å². The number of nitrogens with zero attached hydrogens (tertiary/aromatic N) is 2. The Morgan fingerprint density at radius 3 is 2.29 bits per heavy atom. The molecule has 1 aliphatic rings. The molecular weight excluding hydrogens is 469 g/mol. The Morgan fingerprint density at radius 1 is 1.03 bits per heavy atom. The molecule has 0 radical (unpaired) electrons. The highest BCUT2D eigenvalue weighted by molar-refractivity contribution is 6.35. The van der Waals surface area contributed by atoms with E-state index in [1.54, 1.807) is 18.2 Å². The number of halogens is 4. The molecule has 0 aliphatic carbocycles. The Morgan fingerprint density at radius 2 is 1.68 bits per heavy atom. The van der Waals surface area contributed by atoms with Gasteiger partial charge in [-0.1, -0.05) is 60.1 Å². The van der Waals surface area contributed by atoms with E-state index in [0.717, 1.165) is 16.6 Å². The first-order valence-electron chi connectivity index (χ1n) is 10.1. The fourth-order valence-electron chi connectivity index (χ4n) is 3.36. The SMILES string of the molecule is COc1cc(/C=C2\C(=O)N(c3ccccc3)N=C2C(F)(F)F)cc(Cl)c1OCc1ccccc1. The second-order valence-corrected chi connectivity index (χ2v) is 7.67. The quantitative estimate of drug-likeness (QED) is 0.385. The summed E-state index contributed by atoms with van der Waals surface area (Å²) in [6.07, 6.45) is -3.75. The molecule has 9 heteroatoms. The van der Waals surface area contributed by atoms with Crippen LogP contribution in [0, 0.1) is 0 Å². The topological polar surface area (TPSA) is 51.1 Å². The summed E-state index contributed by atoms with van der Waals surface area (Å²) in [6.45, 7) is 0.215. The van der Waals surface area contributed by atoms with Crippen LogP contribution in [0.3, 0.4) is 0 Å². The Kier molecular flexibility index (Phi) is 6.61. The zero-order chi connectivity index (χ0) is 24.3. The summed E-state index contributed by atoms with van der Waals surface area (Å²) in [5, 5.41) is 4.40. The van der Waals surface area contributed by atoms with Gasteiger partial charge < -0.3 is 9.47 Å². The van der Waals surface area contributed by atoms with Gasteiger partial charge in [-0.3, -0.25) is 4.79 Å². The zero-order valence-electron chi connectivity index (χ0n) is 17.8. The molecule has 0 saturated carbocycles. The second kappa shape index (κ2) is 9.61. The van der Waals surface area contributed by atoms with E-state index in [1.165, 1.54) is 31.4 Å². The number of alkyl halides is 3. The number of ether oxygens (including phenoxy) is 2. The minimum Gasteiger partial charge on any atom is -0.493 e. The maximum Gasteiger partial charge on any atom is 0.435 e. The van der Waals surface area contributed by atoms with E-state index in [-0.39, 0.29) is 34.4 Å². The number of para-hydroxylation sites is 1. The van der Waals surface area contributed by atoms with Crippen molar-refractivity contribution in [2.75, 3.05) is 12.1 Å². The van der Waals surface area contributed by atoms with Crippen molar-refractivity contribution in [1.82, 2.24) is 0 Å². The van der Waals surface area contributed by atoms with E-state index >= 15 is 0 Å². The fourth-order valence-corrected chi connectivity index (χ4v) is 3.63. The Labute approximate surface area is 198 Å². The number of carbonyl (C=O) groups excluding carboxylic acids is 1. The van der Waals surface area contributed by atoms with Gasteiger partial charge in [-0.05, 0) is 41.5 Å². The predicted octanol–water partition coefficient (Wildman–Crippen LogP) is 6.28. The number of benzene rings is 3. The third kappa shape index (κ3) is 4.92. The molecule has 1 aliphatic heterocycles. The molecule has 5 nitrogen and oxygen atoms in total. The van der Waals surface area contributed by atoms with Gasteiger partial charge >= 0.3 is 6.18 Å². The number of hydrogen-bond acceptors (Lipinski definition) is 4. The lowest BCUT2D eigenvalue weighted by Gasteiger charge is -2.14. The lowest BCUT2D eigenvalue weighted by atomic mass is 10.1. The molecule has 0 N–H and O–H groups in total. The van der Waals surface area contributed by atoms with E-state index in [4.69, 9.17) is 21.1 Å². The Bertz CT molecular complexity index is 1260. The number of hydrogen-bond donors (Lipinski definition) is 0. The molecule has 4 rings (SSSR count). The average Bonchev–Trinajstić information content (AvgIpc) is 3.15. The maximum atomic E-state index is 13.7. The van der Waals surface area contributed by atoms with Gasteiger partial charge in [-0.25, -0.2) is 0 Å².